The fourth-order valence-corrected chi connectivity index (χ4v) is 3.04. The first kappa shape index (κ1) is 18.8. The van der Waals surface area contributed by atoms with E-state index in [0.29, 0.717) is 11.3 Å². The van der Waals surface area contributed by atoms with Gasteiger partial charge >= 0.3 is 0 Å². The summed E-state index contributed by atoms with van der Waals surface area (Å²) in [5.74, 6) is -1.70. The predicted molar refractivity (Wildman–Crippen MR) is 97.6 cm³/mol. The van der Waals surface area contributed by atoms with Crippen LogP contribution in [-0.4, -0.2) is 58.2 Å². The van der Waals surface area contributed by atoms with Gasteiger partial charge in [0.1, 0.15) is 11.8 Å². The van der Waals surface area contributed by atoms with Crippen molar-refractivity contribution in [3.63, 3.8) is 0 Å². The highest BCUT2D eigenvalue weighted by Gasteiger charge is 2.46. The Morgan fingerprint density at radius 3 is 2.48 bits per heavy atom. The molecule has 1 unspecified atom stereocenters. The number of nitrogens with zero attached hydrogens (tertiary/aromatic N) is 2. The van der Waals surface area contributed by atoms with Crippen molar-refractivity contribution in [3.05, 3.63) is 71.6 Å². The first-order valence-corrected chi connectivity index (χ1v) is 8.58. The van der Waals surface area contributed by atoms with Crippen LogP contribution in [0.2, 0.25) is 0 Å². The number of benzene rings is 1. The number of aliphatic hydroxyl groups is 2. The Morgan fingerprint density at radius 1 is 1.07 bits per heavy atom. The maximum atomic E-state index is 12.7. The number of ether oxygens (including phenoxy) is 1. The summed E-state index contributed by atoms with van der Waals surface area (Å²) in [5, 5.41) is 19.6. The first-order chi connectivity index (χ1) is 13.1. The molecule has 1 atom stereocenters. The van der Waals surface area contributed by atoms with E-state index in [1.165, 1.54) is 4.90 Å². The molecule has 1 aromatic heterocycles. The molecule has 2 N–H and O–H groups in total. The second-order valence-corrected chi connectivity index (χ2v) is 5.95. The quantitative estimate of drug-likeness (QED) is 0.333. The molecular formula is C20H20N2O5. The van der Waals surface area contributed by atoms with Crippen LogP contribution in [-0.2, 0) is 14.3 Å². The fourth-order valence-electron chi connectivity index (χ4n) is 3.04. The first-order valence-electron chi connectivity index (χ1n) is 8.58. The average molecular weight is 368 g/mol. The second-order valence-electron chi connectivity index (χ2n) is 5.95. The highest BCUT2D eigenvalue weighted by Crippen LogP contribution is 2.38. The molecule has 1 aliphatic rings. The number of carbonyl (C=O) groups is 2. The van der Waals surface area contributed by atoms with Crippen LogP contribution in [0.5, 0.6) is 0 Å². The predicted octanol–water partition coefficient (Wildman–Crippen LogP) is 1.51. The van der Waals surface area contributed by atoms with E-state index in [4.69, 9.17) is 9.84 Å². The molecule has 1 fully saturated rings. The molecule has 0 aliphatic carbocycles. The number of hydrogen-bond donors (Lipinski definition) is 2. The molecule has 7 heteroatoms. The van der Waals surface area contributed by atoms with Crippen molar-refractivity contribution in [2.45, 2.75) is 6.04 Å². The van der Waals surface area contributed by atoms with Crippen molar-refractivity contribution in [3.8, 4) is 0 Å². The number of Topliss-reactive ketones (excluding diaryl/α,β-unsaturated/α-hetero) is 1. The van der Waals surface area contributed by atoms with E-state index < -0.39 is 17.7 Å². The molecule has 27 heavy (non-hydrogen) atoms. The summed E-state index contributed by atoms with van der Waals surface area (Å²) in [4.78, 5) is 30.9. The minimum atomic E-state index is -0.802. The molecule has 3 rings (SSSR count). The summed E-state index contributed by atoms with van der Waals surface area (Å²) in [6, 6.07) is 13.0. The van der Waals surface area contributed by atoms with Crippen LogP contribution in [0.4, 0.5) is 0 Å². The number of hydrogen-bond acceptors (Lipinski definition) is 6. The Bertz CT molecular complexity index is 836. The van der Waals surface area contributed by atoms with Gasteiger partial charge in [0.05, 0.1) is 31.1 Å². The topological polar surface area (TPSA) is 100.0 Å². The number of aliphatic hydroxyl groups excluding tert-OH is 2. The SMILES string of the molecule is O=C1C(=O)N(CCOCCO)C(c2ccccn2)C1=C(O)c1ccccc1. The van der Waals surface area contributed by atoms with Gasteiger partial charge in [0.15, 0.2) is 0 Å². The monoisotopic (exact) mass is 368 g/mol. The van der Waals surface area contributed by atoms with Crippen LogP contribution in [0.1, 0.15) is 17.3 Å². The molecule has 2 aromatic rings. The zero-order valence-corrected chi connectivity index (χ0v) is 14.6. The van der Waals surface area contributed by atoms with Gasteiger partial charge in [0, 0.05) is 18.3 Å². The molecule has 0 spiro atoms. The summed E-state index contributed by atoms with van der Waals surface area (Å²) in [6.07, 6.45) is 1.57. The Balaban J connectivity index is 2.03. The number of amides is 1. The van der Waals surface area contributed by atoms with Crippen molar-refractivity contribution in [2.75, 3.05) is 26.4 Å². The van der Waals surface area contributed by atoms with Gasteiger partial charge in [-0.05, 0) is 12.1 Å². The van der Waals surface area contributed by atoms with Crippen molar-refractivity contribution in [1.82, 2.24) is 9.88 Å². The molecule has 2 heterocycles. The van der Waals surface area contributed by atoms with E-state index in [2.05, 4.69) is 4.98 Å². The van der Waals surface area contributed by atoms with Gasteiger partial charge in [-0.2, -0.15) is 0 Å². The number of ketones is 1. The fraction of sp³-hybridized carbons (Fsp3) is 0.250. The van der Waals surface area contributed by atoms with Gasteiger partial charge < -0.3 is 19.8 Å². The third-order valence-corrected chi connectivity index (χ3v) is 4.27. The molecule has 0 saturated carbocycles. The third kappa shape index (κ3) is 3.89. The van der Waals surface area contributed by atoms with Gasteiger partial charge in [0.2, 0.25) is 0 Å². The Morgan fingerprint density at radius 2 is 1.81 bits per heavy atom. The van der Waals surface area contributed by atoms with Crippen LogP contribution in [0.3, 0.4) is 0 Å². The average Bonchev–Trinajstić information content (AvgIpc) is 2.97. The minimum Gasteiger partial charge on any atom is -0.507 e. The summed E-state index contributed by atoms with van der Waals surface area (Å²) in [6.45, 7) is 0.304. The van der Waals surface area contributed by atoms with E-state index in [-0.39, 0.29) is 37.7 Å². The summed E-state index contributed by atoms with van der Waals surface area (Å²) < 4.78 is 5.24. The van der Waals surface area contributed by atoms with Crippen molar-refractivity contribution >= 4 is 17.4 Å². The molecule has 0 bridgehead atoms. The minimum absolute atomic E-state index is 0.00654. The van der Waals surface area contributed by atoms with E-state index in [1.807, 2.05) is 0 Å². The number of aromatic nitrogens is 1. The largest absolute Gasteiger partial charge is 0.507 e. The molecule has 140 valence electrons. The van der Waals surface area contributed by atoms with Gasteiger partial charge in [0.25, 0.3) is 11.7 Å². The number of carbonyl (C=O) groups excluding carboxylic acids is 2. The van der Waals surface area contributed by atoms with E-state index in [1.54, 1.807) is 54.7 Å². The smallest absolute Gasteiger partial charge is 0.295 e. The second kappa shape index (κ2) is 8.57. The van der Waals surface area contributed by atoms with E-state index >= 15 is 0 Å². The standard InChI is InChI=1S/C20H20N2O5/c23-11-13-27-12-10-22-17(15-8-4-5-9-21-15)16(19(25)20(22)26)18(24)14-6-2-1-3-7-14/h1-9,17,23-24H,10-13H2. The highest BCUT2D eigenvalue weighted by molar-refractivity contribution is 6.46. The number of likely N-dealkylation sites (tertiary alicyclic amines) is 1. The zero-order chi connectivity index (χ0) is 19.2. The van der Waals surface area contributed by atoms with Crippen LogP contribution in [0, 0.1) is 0 Å². The van der Waals surface area contributed by atoms with Crippen molar-refractivity contribution < 1.29 is 24.5 Å². The Hall–Kier alpha value is -3.03. The van der Waals surface area contributed by atoms with Gasteiger partial charge in [-0.15, -0.1) is 0 Å². The van der Waals surface area contributed by atoms with Crippen LogP contribution < -0.4 is 0 Å². The molecule has 1 amide bonds. The molecular weight excluding hydrogens is 348 g/mol. The maximum absolute atomic E-state index is 12.7. The van der Waals surface area contributed by atoms with Crippen molar-refractivity contribution in [2.24, 2.45) is 0 Å². The normalized spacial score (nSPS) is 18.9. The number of rotatable bonds is 7. The summed E-state index contributed by atoms with van der Waals surface area (Å²) in [5.41, 5.74) is 0.941. The van der Waals surface area contributed by atoms with Crippen LogP contribution in [0.25, 0.3) is 5.76 Å². The van der Waals surface area contributed by atoms with Gasteiger partial charge in [-0.1, -0.05) is 36.4 Å². The lowest BCUT2D eigenvalue weighted by atomic mass is 9.98. The molecule has 1 aromatic carbocycles. The lowest BCUT2D eigenvalue weighted by molar-refractivity contribution is -0.140. The summed E-state index contributed by atoms with van der Waals surface area (Å²) in [7, 11) is 0. The van der Waals surface area contributed by atoms with E-state index in [0.717, 1.165) is 0 Å². The zero-order valence-electron chi connectivity index (χ0n) is 14.6. The number of pyridine rings is 1. The molecule has 1 aliphatic heterocycles. The molecule has 0 radical (unpaired) electrons. The van der Waals surface area contributed by atoms with Crippen LogP contribution in [0.15, 0.2) is 60.3 Å². The van der Waals surface area contributed by atoms with E-state index in [9.17, 15) is 14.7 Å². The summed E-state index contributed by atoms with van der Waals surface area (Å²) >= 11 is 0. The van der Waals surface area contributed by atoms with Crippen LogP contribution >= 0.6 is 0 Å². The maximum Gasteiger partial charge on any atom is 0.295 e. The Kier molecular flexibility index (Phi) is 5.95. The molecule has 7 nitrogen and oxygen atoms in total. The van der Waals surface area contributed by atoms with Gasteiger partial charge in [-0.3, -0.25) is 14.6 Å². The molecule has 1 saturated heterocycles. The van der Waals surface area contributed by atoms with Crippen molar-refractivity contribution in [1.29, 1.82) is 0 Å². The Labute approximate surface area is 156 Å². The third-order valence-electron chi connectivity index (χ3n) is 4.27. The highest BCUT2D eigenvalue weighted by atomic mass is 16.5. The van der Waals surface area contributed by atoms with Gasteiger partial charge in [-0.25, -0.2) is 0 Å². The lowest BCUT2D eigenvalue weighted by Crippen LogP contribution is -2.33. The lowest BCUT2D eigenvalue weighted by Gasteiger charge is -2.24.